The summed E-state index contributed by atoms with van der Waals surface area (Å²) < 4.78 is 0. The summed E-state index contributed by atoms with van der Waals surface area (Å²) in [7, 11) is 0. The Bertz CT molecular complexity index is 516. The third-order valence-electron chi connectivity index (χ3n) is 2.65. The van der Waals surface area contributed by atoms with E-state index < -0.39 is 0 Å². The van der Waals surface area contributed by atoms with E-state index in [0.29, 0.717) is 10.0 Å². The molecule has 0 bridgehead atoms. The smallest absolute Gasteiger partial charge is 0.0745 e. The molecule has 0 saturated heterocycles. The van der Waals surface area contributed by atoms with Gasteiger partial charge in [-0.3, -0.25) is 0 Å². The summed E-state index contributed by atoms with van der Waals surface area (Å²) >= 11 is 11.8. The van der Waals surface area contributed by atoms with Gasteiger partial charge in [0.25, 0.3) is 0 Å². The molecule has 1 atom stereocenters. The molecule has 0 aliphatic heterocycles. The van der Waals surface area contributed by atoms with Gasteiger partial charge in [-0.15, -0.1) is 0 Å². The van der Waals surface area contributed by atoms with Gasteiger partial charge >= 0.3 is 0 Å². The maximum atomic E-state index is 9.44. The van der Waals surface area contributed by atoms with Crippen molar-refractivity contribution in [3.05, 3.63) is 64.1 Å². The zero-order valence-corrected chi connectivity index (χ0v) is 11.1. The number of aliphatic hydroxyl groups excluding tert-OH is 1. The monoisotopic (exact) mass is 281 g/mol. The SMILES string of the molecule is OCC(Nc1ccc(Cl)c(Cl)c1)c1ccccc1. The van der Waals surface area contributed by atoms with Crippen molar-refractivity contribution in [1.82, 2.24) is 0 Å². The van der Waals surface area contributed by atoms with E-state index in [2.05, 4.69) is 5.32 Å². The van der Waals surface area contributed by atoms with E-state index in [1.54, 1.807) is 12.1 Å². The Morgan fingerprint density at radius 3 is 2.33 bits per heavy atom. The molecule has 0 fully saturated rings. The standard InChI is InChI=1S/C14H13Cl2NO/c15-12-7-6-11(8-13(12)16)17-14(9-18)10-4-2-1-3-5-10/h1-8,14,17-18H,9H2. The third-order valence-corrected chi connectivity index (χ3v) is 3.38. The average Bonchev–Trinajstić information content (AvgIpc) is 2.41. The lowest BCUT2D eigenvalue weighted by molar-refractivity contribution is 0.276. The lowest BCUT2D eigenvalue weighted by Gasteiger charge is -2.18. The van der Waals surface area contributed by atoms with E-state index >= 15 is 0 Å². The topological polar surface area (TPSA) is 32.3 Å². The number of aliphatic hydroxyl groups is 1. The molecule has 2 aromatic rings. The van der Waals surface area contributed by atoms with Crippen LogP contribution in [-0.4, -0.2) is 11.7 Å². The van der Waals surface area contributed by atoms with Crippen molar-refractivity contribution >= 4 is 28.9 Å². The Balaban J connectivity index is 2.18. The highest BCUT2D eigenvalue weighted by molar-refractivity contribution is 6.42. The number of hydrogen-bond acceptors (Lipinski definition) is 2. The van der Waals surface area contributed by atoms with Gasteiger partial charge in [0.1, 0.15) is 0 Å². The van der Waals surface area contributed by atoms with E-state index in [-0.39, 0.29) is 12.6 Å². The number of nitrogens with one attached hydrogen (secondary N) is 1. The molecule has 1 unspecified atom stereocenters. The van der Waals surface area contributed by atoms with Crippen LogP contribution in [0, 0.1) is 0 Å². The molecule has 4 heteroatoms. The molecule has 0 radical (unpaired) electrons. The number of halogens is 2. The molecule has 0 spiro atoms. The summed E-state index contributed by atoms with van der Waals surface area (Å²) in [5.74, 6) is 0. The van der Waals surface area contributed by atoms with Gasteiger partial charge < -0.3 is 10.4 Å². The number of benzene rings is 2. The first-order chi connectivity index (χ1) is 8.70. The van der Waals surface area contributed by atoms with Crippen LogP contribution in [0.15, 0.2) is 48.5 Å². The fourth-order valence-corrected chi connectivity index (χ4v) is 2.00. The Morgan fingerprint density at radius 2 is 1.72 bits per heavy atom. The minimum absolute atomic E-state index is 0.00423. The van der Waals surface area contributed by atoms with Crippen molar-refractivity contribution in [3.8, 4) is 0 Å². The molecule has 0 saturated carbocycles. The van der Waals surface area contributed by atoms with Crippen molar-refractivity contribution in [2.75, 3.05) is 11.9 Å². The van der Waals surface area contributed by atoms with Crippen LogP contribution in [0.5, 0.6) is 0 Å². The van der Waals surface area contributed by atoms with Gasteiger partial charge in [0.15, 0.2) is 0 Å². The van der Waals surface area contributed by atoms with Gasteiger partial charge in [0.05, 0.1) is 22.7 Å². The molecule has 18 heavy (non-hydrogen) atoms. The third kappa shape index (κ3) is 3.16. The molecule has 2 nitrogen and oxygen atoms in total. The van der Waals surface area contributed by atoms with E-state index in [1.807, 2.05) is 36.4 Å². The molecular weight excluding hydrogens is 269 g/mol. The first kappa shape index (κ1) is 13.2. The molecule has 0 aliphatic carbocycles. The fourth-order valence-electron chi connectivity index (χ4n) is 1.71. The molecule has 2 rings (SSSR count). The highest BCUT2D eigenvalue weighted by Gasteiger charge is 2.10. The van der Waals surface area contributed by atoms with Crippen LogP contribution in [0.4, 0.5) is 5.69 Å². The predicted octanol–water partition coefficient (Wildman–Crippen LogP) is 4.14. The van der Waals surface area contributed by atoms with Crippen molar-refractivity contribution in [2.24, 2.45) is 0 Å². The summed E-state index contributed by atoms with van der Waals surface area (Å²) in [5.41, 5.74) is 1.85. The van der Waals surface area contributed by atoms with Crippen LogP contribution in [-0.2, 0) is 0 Å². The molecule has 0 heterocycles. The van der Waals surface area contributed by atoms with E-state index in [1.165, 1.54) is 0 Å². The minimum atomic E-state index is -0.163. The normalized spacial score (nSPS) is 12.2. The lowest BCUT2D eigenvalue weighted by Crippen LogP contribution is -2.14. The predicted molar refractivity (Wildman–Crippen MR) is 76.4 cm³/mol. The van der Waals surface area contributed by atoms with Gasteiger partial charge in [-0.25, -0.2) is 0 Å². The Kier molecular flexibility index (Phi) is 4.48. The maximum absolute atomic E-state index is 9.44. The number of anilines is 1. The van der Waals surface area contributed by atoms with Crippen molar-refractivity contribution in [3.63, 3.8) is 0 Å². The second-order valence-electron chi connectivity index (χ2n) is 3.92. The molecular formula is C14H13Cl2NO. The summed E-state index contributed by atoms with van der Waals surface area (Å²) in [5, 5.41) is 13.7. The maximum Gasteiger partial charge on any atom is 0.0745 e. The average molecular weight is 282 g/mol. The number of hydrogen-bond donors (Lipinski definition) is 2. The highest BCUT2D eigenvalue weighted by Crippen LogP contribution is 2.27. The molecule has 0 aliphatic rings. The second kappa shape index (κ2) is 6.10. The van der Waals surface area contributed by atoms with Gasteiger partial charge in [-0.2, -0.15) is 0 Å². The first-order valence-corrected chi connectivity index (χ1v) is 6.33. The Hall–Kier alpha value is -1.22. The van der Waals surface area contributed by atoms with Crippen molar-refractivity contribution in [2.45, 2.75) is 6.04 Å². The van der Waals surface area contributed by atoms with Gasteiger partial charge in [-0.05, 0) is 23.8 Å². The van der Waals surface area contributed by atoms with Crippen LogP contribution >= 0.6 is 23.2 Å². The first-order valence-electron chi connectivity index (χ1n) is 5.58. The van der Waals surface area contributed by atoms with Crippen LogP contribution < -0.4 is 5.32 Å². The Morgan fingerprint density at radius 1 is 1.00 bits per heavy atom. The summed E-state index contributed by atoms with van der Waals surface area (Å²) in [6.07, 6.45) is 0. The van der Waals surface area contributed by atoms with Gasteiger partial charge in [0, 0.05) is 5.69 Å². The van der Waals surface area contributed by atoms with E-state index in [0.717, 1.165) is 11.3 Å². The zero-order valence-electron chi connectivity index (χ0n) is 9.61. The van der Waals surface area contributed by atoms with Crippen LogP contribution in [0.1, 0.15) is 11.6 Å². The van der Waals surface area contributed by atoms with E-state index in [9.17, 15) is 5.11 Å². The second-order valence-corrected chi connectivity index (χ2v) is 4.73. The lowest BCUT2D eigenvalue weighted by atomic mass is 10.1. The minimum Gasteiger partial charge on any atom is -0.394 e. The molecule has 2 aromatic carbocycles. The van der Waals surface area contributed by atoms with E-state index in [4.69, 9.17) is 23.2 Å². The molecule has 2 N–H and O–H groups in total. The molecule has 94 valence electrons. The summed E-state index contributed by atoms with van der Waals surface area (Å²) in [6.45, 7) is 0.00423. The van der Waals surface area contributed by atoms with Gasteiger partial charge in [-0.1, -0.05) is 53.5 Å². The fraction of sp³-hybridized carbons (Fsp3) is 0.143. The summed E-state index contributed by atoms with van der Waals surface area (Å²) in [4.78, 5) is 0. The van der Waals surface area contributed by atoms with Gasteiger partial charge in [0.2, 0.25) is 0 Å². The molecule has 0 amide bonds. The highest BCUT2D eigenvalue weighted by atomic mass is 35.5. The Labute approximate surface area is 116 Å². The van der Waals surface area contributed by atoms with Crippen LogP contribution in [0.25, 0.3) is 0 Å². The number of rotatable bonds is 4. The quantitative estimate of drug-likeness (QED) is 0.883. The molecule has 0 aromatic heterocycles. The van der Waals surface area contributed by atoms with Crippen LogP contribution in [0.3, 0.4) is 0 Å². The van der Waals surface area contributed by atoms with Crippen LogP contribution in [0.2, 0.25) is 10.0 Å². The zero-order chi connectivity index (χ0) is 13.0. The summed E-state index contributed by atoms with van der Waals surface area (Å²) in [6, 6.07) is 14.9. The van der Waals surface area contributed by atoms with Crippen molar-refractivity contribution < 1.29 is 5.11 Å². The van der Waals surface area contributed by atoms with Crippen molar-refractivity contribution in [1.29, 1.82) is 0 Å². The largest absolute Gasteiger partial charge is 0.394 e.